The fourth-order valence-corrected chi connectivity index (χ4v) is 0.525. The maximum absolute atomic E-state index is 10.3. The summed E-state index contributed by atoms with van der Waals surface area (Å²) in [7, 11) is 0. The molecule has 0 saturated heterocycles. The first-order valence-corrected chi connectivity index (χ1v) is 2.99. The van der Waals surface area contributed by atoms with Crippen LogP contribution in [0.1, 0.15) is 10.5 Å². The lowest BCUT2D eigenvalue weighted by Gasteiger charge is -1.90. The minimum atomic E-state index is -1.17. The third kappa shape index (κ3) is 1.76. The van der Waals surface area contributed by atoms with Gasteiger partial charge in [-0.3, -0.25) is 0 Å². The molecule has 0 fully saturated rings. The predicted molar refractivity (Wildman–Crippen MR) is 37.8 cm³/mol. The van der Waals surface area contributed by atoms with E-state index in [-0.39, 0.29) is 18.4 Å². The minimum absolute atomic E-state index is 0.000424. The summed E-state index contributed by atoms with van der Waals surface area (Å²) >= 11 is 0. The van der Waals surface area contributed by atoms with Crippen molar-refractivity contribution in [1.29, 1.82) is 0 Å². The van der Waals surface area contributed by atoms with Gasteiger partial charge in [0.1, 0.15) is 6.26 Å². The van der Waals surface area contributed by atoms with Gasteiger partial charge in [0.2, 0.25) is 0 Å². The van der Waals surface area contributed by atoms with Gasteiger partial charge in [-0.25, -0.2) is 4.79 Å². The van der Waals surface area contributed by atoms with E-state index in [1.54, 1.807) is 0 Å². The molecule has 5 heteroatoms. The molecular weight excluding hydrogens is 162 g/mol. The van der Waals surface area contributed by atoms with Crippen LogP contribution >= 0.6 is 0 Å². The molecule has 0 atom stereocenters. The van der Waals surface area contributed by atoms with Crippen LogP contribution in [0.25, 0.3) is 0 Å². The van der Waals surface area contributed by atoms with Crippen molar-refractivity contribution in [3.63, 3.8) is 0 Å². The summed E-state index contributed by atoms with van der Waals surface area (Å²) in [6.07, 6.45) is 5.73. The number of terminal acetylenes is 1. The molecule has 5 nitrogen and oxygen atoms in total. The summed E-state index contributed by atoms with van der Waals surface area (Å²) < 4.78 is 9.33. The van der Waals surface area contributed by atoms with Crippen LogP contribution in [0.3, 0.4) is 0 Å². The number of oxazole rings is 1. The number of aromatic nitrogens is 1. The standard InChI is InChI=1S/C7H5NO4/c1-2-3-11-7-8-5(4-12-7)6(9)10/h1,4H,3H2,(H,9,10). The van der Waals surface area contributed by atoms with Crippen LogP contribution in [0.2, 0.25) is 0 Å². The van der Waals surface area contributed by atoms with Gasteiger partial charge >= 0.3 is 12.0 Å². The molecule has 0 aromatic carbocycles. The first-order valence-electron chi connectivity index (χ1n) is 2.99. The number of nitrogens with zero attached hydrogens (tertiary/aromatic N) is 1. The highest BCUT2D eigenvalue weighted by Gasteiger charge is 2.10. The molecule has 1 heterocycles. The highest BCUT2D eigenvalue weighted by atomic mass is 16.6. The Hall–Kier alpha value is -1.96. The van der Waals surface area contributed by atoms with E-state index in [9.17, 15) is 4.79 Å². The second kappa shape index (κ2) is 3.44. The maximum Gasteiger partial charge on any atom is 0.395 e. The van der Waals surface area contributed by atoms with Crippen molar-refractivity contribution in [1.82, 2.24) is 4.98 Å². The number of carboxylic acids is 1. The Morgan fingerprint density at radius 3 is 3.17 bits per heavy atom. The molecule has 1 aromatic heterocycles. The van der Waals surface area contributed by atoms with E-state index >= 15 is 0 Å². The average Bonchev–Trinajstić information content (AvgIpc) is 2.48. The van der Waals surface area contributed by atoms with Gasteiger partial charge < -0.3 is 14.3 Å². The Kier molecular flexibility index (Phi) is 2.33. The molecule has 0 aliphatic heterocycles. The minimum Gasteiger partial charge on any atom is -0.476 e. The molecule has 1 N–H and O–H groups in total. The third-order valence-electron chi connectivity index (χ3n) is 0.981. The van der Waals surface area contributed by atoms with Crippen LogP contribution in [-0.2, 0) is 0 Å². The lowest BCUT2D eigenvalue weighted by Crippen LogP contribution is -1.97. The summed E-state index contributed by atoms with van der Waals surface area (Å²) in [6, 6.07) is 0. The van der Waals surface area contributed by atoms with Crippen molar-refractivity contribution in [3.05, 3.63) is 12.0 Å². The van der Waals surface area contributed by atoms with Crippen molar-refractivity contribution in [2.45, 2.75) is 0 Å². The Balaban J connectivity index is 2.66. The van der Waals surface area contributed by atoms with Crippen LogP contribution in [0.5, 0.6) is 6.08 Å². The second-order valence-corrected chi connectivity index (χ2v) is 1.80. The van der Waals surface area contributed by atoms with Crippen molar-refractivity contribution in [2.75, 3.05) is 6.61 Å². The largest absolute Gasteiger partial charge is 0.476 e. The molecule has 0 spiro atoms. The molecule has 0 unspecified atom stereocenters. The molecule has 0 radical (unpaired) electrons. The Bertz CT molecular complexity index is 322. The smallest absolute Gasteiger partial charge is 0.395 e. The van der Waals surface area contributed by atoms with Gasteiger partial charge in [0.25, 0.3) is 0 Å². The summed E-state index contributed by atoms with van der Waals surface area (Å²) in [5, 5.41) is 8.41. The number of hydrogen-bond acceptors (Lipinski definition) is 4. The fraction of sp³-hybridized carbons (Fsp3) is 0.143. The summed E-state index contributed by atoms with van der Waals surface area (Å²) in [6.45, 7) is -0.000424. The first kappa shape index (κ1) is 8.14. The van der Waals surface area contributed by atoms with Crippen molar-refractivity contribution in [3.8, 4) is 18.4 Å². The third-order valence-corrected chi connectivity index (χ3v) is 0.981. The van der Waals surface area contributed by atoms with Gasteiger partial charge in [0, 0.05) is 0 Å². The van der Waals surface area contributed by atoms with Crippen LogP contribution in [0.4, 0.5) is 0 Å². The Morgan fingerprint density at radius 1 is 1.92 bits per heavy atom. The monoisotopic (exact) mass is 167 g/mol. The van der Waals surface area contributed by atoms with E-state index in [1.807, 2.05) is 0 Å². The van der Waals surface area contributed by atoms with Gasteiger partial charge in [-0.15, -0.1) is 6.42 Å². The number of ether oxygens (including phenoxy) is 1. The quantitative estimate of drug-likeness (QED) is 0.659. The van der Waals surface area contributed by atoms with Crippen LogP contribution < -0.4 is 4.74 Å². The maximum atomic E-state index is 10.3. The van der Waals surface area contributed by atoms with E-state index in [2.05, 4.69) is 15.3 Å². The molecule has 0 amide bonds. The zero-order chi connectivity index (χ0) is 8.97. The molecule has 0 bridgehead atoms. The highest BCUT2D eigenvalue weighted by Crippen LogP contribution is 2.09. The lowest BCUT2D eigenvalue weighted by molar-refractivity contribution is 0.0690. The predicted octanol–water partition coefficient (Wildman–Crippen LogP) is 0.385. The highest BCUT2D eigenvalue weighted by molar-refractivity contribution is 5.84. The van der Waals surface area contributed by atoms with Crippen LogP contribution in [0.15, 0.2) is 10.7 Å². The summed E-state index contributed by atoms with van der Waals surface area (Å²) in [5.74, 6) is 1.01. The molecule has 62 valence electrons. The molecule has 0 aliphatic rings. The lowest BCUT2D eigenvalue weighted by atomic mass is 10.5. The first-order chi connectivity index (χ1) is 5.74. The van der Waals surface area contributed by atoms with Gasteiger partial charge in [-0.2, -0.15) is 4.98 Å². The fourth-order valence-electron chi connectivity index (χ4n) is 0.525. The summed E-state index contributed by atoms with van der Waals surface area (Å²) in [5.41, 5.74) is -0.206. The van der Waals surface area contributed by atoms with E-state index in [1.165, 1.54) is 0 Å². The SMILES string of the molecule is C#CCOc1nc(C(=O)O)co1. The average molecular weight is 167 g/mol. The molecular formula is C7H5NO4. The molecule has 1 rings (SSSR count). The Labute approximate surface area is 68.0 Å². The molecule has 12 heavy (non-hydrogen) atoms. The van der Waals surface area contributed by atoms with Crippen molar-refractivity contribution in [2.24, 2.45) is 0 Å². The number of aromatic carboxylic acids is 1. The number of carbonyl (C=O) groups is 1. The van der Waals surface area contributed by atoms with Crippen molar-refractivity contribution < 1.29 is 19.1 Å². The van der Waals surface area contributed by atoms with Crippen LogP contribution in [0, 0.1) is 12.3 Å². The summed E-state index contributed by atoms with van der Waals surface area (Å²) in [4.78, 5) is 13.7. The van der Waals surface area contributed by atoms with Gasteiger partial charge in [-0.05, 0) is 0 Å². The van der Waals surface area contributed by atoms with E-state index < -0.39 is 5.97 Å². The van der Waals surface area contributed by atoms with Gasteiger partial charge in [0.15, 0.2) is 12.3 Å². The zero-order valence-corrected chi connectivity index (χ0v) is 5.98. The molecule has 0 saturated carbocycles. The molecule has 1 aromatic rings. The van der Waals surface area contributed by atoms with Gasteiger partial charge in [0.05, 0.1) is 0 Å². The number of carboxylic acid groups (broad SMARTS) is 1. The topological polar surface area (TPSA) is 72.6 Å². The Morgan fingerprint density at radius 2 is 2.67 bits per heavy atom. The normalized spacial score (nSPS) is 8.92. The van der Waals surface area contributed by atoms with Gasteiger partial charge in [-0.1, -0.05) is 5.92 Å². The number of rotatable bonds is 3. The number of hydrogen-bond donors (Lipinski definition) is 1. The molecule has 0 aliphatic carbocycles. The van der Waals surface area contributed by atoms with Crippen molar-refractivity contribution >= 4 is 5.97 Å². The second-order valence-electron chi connectivity index (χ2n) is 1.80. The van der Waals surface area contributed by atoms with Crippen LogP contribution in [-0.4, -0.2) is 22.7 Å². The van der Waals surface area contributed by atoms with E-state index in [0.29, 0.717) is 0 Å². The zero-order valence-electron chi connectivity index (χ0n) is 5.98. The van der Waals surface area contributed by atoms with E-state index in [0.717, 1.165) is 6.26 Å². The van der Waals surface area contributed by atoms with E-state index in [4.69, 9.17) is 16.3 Å².